The summed E-state index contributed by atoms with van der Waals surface area (Å²) in [5.74, 6) is 1.08. The fourth-order valence-electron chi connectivity index (χ4n) is 2.55. The minimum Gasteiger partial charge on any atom is -0.367 e. The van der Waals surface area contributed by atoms with E-state index in [9.17, 15) is 8.60 Å². The Morgan fingerprint density at radius 2 is 2.10 bits per heavy atom. The van der Waals surface area contributed by atoms with Crippen molar-refractivity contribution in [2.24, 2.45) is 0 Å². The summed E-state index contributed by atoms with van der Waals surface area (Å²) < 4.78 is 25.7. The van der Waals surface area contributed by atoms with E-state index in [1.807, 2.05) is 11.0 Å². The second-order valence-corrected chi connectivity index (χ2v) is 6.88. The molecule has 0 radical (unpaired) electrons. The zero-order valence-corrected chi connectivity index (χ0v) is 13.0. The molecule has 2 rings (SSSR count). The van der Waals surface area contributed by atoms with E-state index in [1.54, 1.807) is 6.07 Å². The van der Waals surface area contributed by atoms with Gasteiger partial charge in [-0.3, -0.25) is 4.21 Å². The van der Waals surface area contributed by atoms with Crippen molar-refractivity contribution in [2.75, 3.05) is 36.0 Å². The molecule has 1 N–H and O–H groups in total. The summed E-state index contributed by atoms with van der Waals surface area (Å²) in [5.41, 5.74) is 1.67. The lowest BCUT2D eigenvalue weighted by Gasteiger charge is -2.32. The van der Waals surface area contributed by atoms with Gasteiger partial charge in [0.1, 0.15) is 5.82 Å². The van der Waals surface area contributed by atoms with Crippen molar-refractivity contribution in [3.8, 4) is 0 Å². The number of anilines is 1. The van der Waals surface area contributed by atoms with Crippen molar-refractivity contribution in [3.63, 3.8) is 0 Å². The van der Waals surface area contributed by atoms with E-state index in [4.69, 9.17) is 0 Å². The Kier molecular flexibility index (Phi) is 5.54. The Hall–Kier alpha value is -0.940. The van der Waals surface area contributed by atoms with Crippen LogP contribution in [0.25, 0.3) is 0 Å². The molecule has 1 heterocycles. The minimum atomic E-state index is -0.743. The van der Waals surface area contributed by atoms with Crippen LogP contribution in [0, 0.1) is 5.82 Å². The van der Waals surface area contributed by atoms with E-state index >= 15 is 0 Å². The third kappa shape index (κ3) is 3.58. The summed E-state index contributed by atoms with van der Waals surface area (Å²) >= 11 is 0. The molecule has 1 unspecified atom stereocenters. The van der Waals surface area contributed by atoms with Gasteiger partial charge in [0.2, 0.25) is 0 Å². The summed E-state index contributed by atoms with van der Waals surface area (Å²) in [5, 5.41) is 3.41. The molecule has 1 aliphatic rings. The molecular formula is C15H23FN2OS. The van der Waals surface area contributed by atoms with Crippen LogP contribution in [0.2, 0.25) is 0 Å². The molecule has 0 spiro atoms. The summed E-state index contributed by atoms with van der Waals surface area (Å²) in [7, 11) is -0.743. The molecule has 0 saturated carbocycles. The fourth-order valence-corrected chi connectivity index (χ4v) is 3.60. The quantitative estimate of drug-likeness (QED) is 0.906. The number of nitrogens with zero attached hydrogens (tertiary/aromatic N) is 1. The fraction of sp³-hybridized carbons (Fsp3) is 0.600. The maximum absolute atomic E-state index is 14.3. The molecule has 0 aliphatic carbocycles. The smallest absolute Gasteiger partial charge is 0.146 e. The largest absolute Gasteiger partial charge is 0.367 e. The Bertz CT molecular complexity index is 471. The molecule has 1 saturated heterocycles. The highest BCUT2D eigenvalue weighted by molar-refractivity contribution is 7.85. The van der Waals surface area contributed by atoms with Crippen molar-refractivity contribution in [2.45, 2.75) is 26.3 Å². The summed E-state index contributed by atoms with van der Waals surface area (Å²) in [6, 6.07) is 5.38. The molecule has 1 fully saturated rings. The lowest BCUT2D eigenvalue weighted by Crippen LogP contribution is -2.39. The van der Waals surface area contributed by atoms with Gasteiger partial charge in [-0.05, 0) is 31.5 Å². The standard InChI is InChI=1S/C15H23FN2OS/c1-3-7-17-12(2)13-5-4-6-14(16)15(13)18-8-10-20(19)11-9-18/h4-6,12,17H,3,7-11H2,1-2H3. The number of rotatable bonds is 5. The number of hydrogen-bond acceptors (Lipinski definition) is 3. The zero-order chi connectivity index (χ0) is 14.5. The molecule has 0 aromatic heterocycles. The highest BCUT2D eigenvalue weighted by Crippen LogP contribution is 2.30. The van der Waals surface area contributed by atoms with Gasteiger partial charge in [-0.15, -0.1) is 0 Å². The molecule has 1 aromatic rings. The Morgan fingerprint density at radius 1 is 1.40 bits per heavy atom. The topological polar surface area (TPSA) is 32.3 Å². The first-order valence-corrected chi connectivity index (χ1v) is 8.74. The van der Waals surface area contributed by atoms with Gasteiger partial charge in [0.05, 0.1) is 5.69 Å². The monoisotopic (exact) mass is 298 g/mol. The zero-order valence-electron chi connectivity index (χ0n) is 12.2. The predicted octanol–water partition coefficient (Wildman–Crippen LogP) is 2.46. The van der Waals surface area contributed by atoms with E-state index in [-0.39, 0.29) is 11.9 Å². The van der Waals surface area contributed by atoms with Gasteiger partial charge in [-0.1, -0.05) is 19.1 Å². The first kappa shape index (κ1) is 15.4. The van der Waals surface area contributed by atoms with Crippen molar-refractivity contribution in [1.29, 1.82) is 0 Å². The van der Waals surface area contributed by atoms with Crippen LogP contribution in [0.3, 0.4) is 0 Å². The van der Waals surface area contributed by atoms with Gasteiger partial charge >= 0.3 is 0 Å². The molecule has 5 heteroatoms. The predicted molar refractivity (Wildman–Crippen MR) is 83.2 cm³/mol. The van der Waals surface area contributed by atoms with Crippen LogP contribution in [-0.2, 0) is 10.8 Å². The summed E-state index contributed by atoms with van der Waals surface area (Å²) in [6.07, 6.45) is 1.05. The normalized spacial score (nSPS) is 18.2. The Labute approximate surface area is 123 Å². The van der Waals surface area contributed by atoms with Crippen LogP contribution in [0.15, 0.2) is 18.2 Å². The maximum Gasteiger partial charge on any atom is 0.146 e. The Morgan fingerprint density at radius 3 is 2.75 bits per heavy atom. The van der Waals surface area contributed by atoms with E-state index in [0.29, 0.717) is 30.3 Å². The SMILES string of the molecule is CCCNC(C)c1cccc(F)c1N1CCS(=O)CC1. The maximum atomic E-state index is 14.3. The van der Waals surface area contributed by atoms with Gasteiger partial charge in [0, 0.05) is 41.4 Å². The molecule has 0 bridgehead atoms. The van der Waals surface area contributed by atoms with Crippen molar-refractivity contribution in [3.05, 3.63) is 29.6 Å². The van der Waals surface area contributed by atoms with E-state index in [0.717, 1.165) is 18.5 Å². The van der Waals surface area contributed by atoms with Crippen LogP contribution in [0.4, 0.5) is 10.1 Å². The second-order valence-electron chi connectivity index (χ2n) is 5.19. The first-order valence-electron chi connectivity index (χ1n) is 7.25. The average Bonchev–Trinajstić information content (AvgIpc) is 2.45. The van der Waals surface area contributed by atoms with Crippen molar-refractivity contribution < 1.29 is 8.60 Å². The molecular weight excluding hydrogens is 275 g/mol. The molecule has 1 aliphatic heterocycles. The van der Waals surface area contributed by atoms with Gasteiger partial charge < -0.3 is 10.2 Å². The molecule has 1 atom stereocenters. The Balaban J connectivity index is 2.24. The van der Waals surface area contributed by atoms with Gasteiger partial charge in [0.25, 0.3) is 0 Å². The molecule has 1 aromatic carbocycles. The van der Waals surface area contributed by atoms with Gasteiger partial charge in [0.15, 0.2) is 0 Å². The average molecular weight is 298 g/mol. The summed E-state index contributed by atoms with van der Waals surface area (Å²) in [4.78, 5) is 2.04. The van der Waals surface area contributed by atoms with Gasteiger partial charge in [-0.25, -0.2) is 4.39 Å². The van der Waals surface area contributed by atoms with Crippen LogP contribution in [-0.4, -0.2) is 35.3 Å². The number of benzene rings is 1. The number of halogens is 1. The number of nitrogens with one attached hydrogen (secondary N) is 1. The van der Waals surface area contributed by atoms with E-state index in [2.05, 4.69) is 19.2 Å². The van der Waals surface area contributed by atoms with E-state index < -0.39 is 10.8 Å². The first-order chi connectivity index (χ1) is 9.63. The van der Waals surface area contributed by atoms with Crippen LogP contribution >= 0.6 is 0 Å². The third-order valence-corrected chi connectivity index (χ3v) is 4.95. The van der Waals surface area contributed by atoms with Gasteiger partial charge in [-0.2, -0.15) is 0 Å². The number of hydrogen-bond donors (Lipinski definition) is 1. The second kappa shape index (κ2) is 7.18. The van der Waals surface area contributed by atoms with Crippen LogP contribution in [0.5, 0.6) is 0 Å². The van der Waals surface area contributed by atoms with E-state index in [1.165, 1.54) is 6.07 Å². The molecule has 3 nitrogen and oxygen atoms in total. The molecule has 112 valence electrons. The third-order valence-electron chi connectivity index (χ3n) is 3.68. The van der Waals surface area contributed by atoms with Crippen molar-refractivity contribution >= 4 is 16.5 Å². The van der Waals surface area contributed by atoms with Crippen molar-refractivity contribution in [1.82, 2.24) is 5.32 Å². The lowest BCUT2D eigenvalue weighted by atomic mass is 10.0. The highest BCUT2D eigenvalue weighted by Gasteiger charge is 2.22. The number of para-hydroxylation sites is 1. The van der Waals surface area contributed by atoms with Crippen LogP contribution < -0.4 is 10.2 Å². The minimum absolute atomic E-state index is 0.119. The van der Waals surface area contributed by atoms with Crippen LogP contribution in [0.1, 0.15) is 31.9 Å². The molecule has 20 heavy (non-hydrogen) atoms. The lowest BCUT2D eigenvalue weighted by molar-refractivity contribution is 0.558. The highest BCUT2D eigenvalue weighted by atomic mass is 32.2. The summed E-state index contributed by atoms with van der Waals surface area (Å²) in [6.45, 7) is 6.44. The molecule has 0 amide bonds.